The number of nitrogens with one attached hydrogen (secondary N) is 1. The predicted molar refractivity (Wildman–Crippen MR) is 81.0 cm³/mol. The van der Waals surface area contributed by atoms with Gasteiger partial charge in [0.05, 0.1) is 16.1 Å². The molecule has 1 heterocycles. The van der Waals surface area contributed by atoms with E-state index in [4.69, 9.17) is 23.2 Å². The lowest BCUT2D eigenvalue weighted by molar-refractivity contribution is 0.625. The molecule has 0 amide bonds. The van der Waals surface area contributed by atoms with Crippen LogP contribution in [0.3, 0.4) is 0 Å². The number of pyridine rings is 1. The Morgan fingerprint density at radius 3 is 2.63 bits per heavy atom. The van der Waals surface area contributed by atoms with Gasteiger partial charge in [-0.1, -0.05) is 42.3 Å². The number of hydrogen-bond acceptors (Lipinski definition) is 2. The Kier molecular flexibility index (Phi) is 4.81. The standard InChI is InChI=1S/C15H16Cl2N2/c1-3-18-15(12-5-4-8-19-10(12)2)11-6-7-13(16)14(17)9-11/h4-9,15,18H,3H2,1-2H3. The minimum Gasteiger partial charge on any atom is -0.306 e. The van der Waals surface area contributed by atoms with Crippen molar-refractivity contribution in [2.24, 2.45) is 0 Å². The molecule has 2 rings (SSSR count). The van der Waals surface area contributed by atoms with Crippen molar-refractivity contribution in [3.63, 3.8) is 0 Å². The normalized spacial score (nSPS) is 12.4. The number of hydrogen-bond donors (Lipinski definition) is 1. The van der Waals surface area contributed by atoms with Gasteiger partial charge in [0.15, 0.2) is 0 Å². The largest absolute Gasteiger partial charge is 0.306 e. The van der Waals surface area contributed by atoms with Crippen LogP contribution >= 0.6 is 23.2 Å². The van der Waals surface area contributed by atoms with Crippen LogP contribution in [0.5, 0.6) is 0 Å². The van der Waals surface area contributed by atoms with E-state index in [0.29, 0.717) is 10.0 Å². The van der Waals surface area contributed by atoms with Crippen LogP contribution in [0.1, 0.15) is 29.8 Å². The molecule has 0 radical (unpaired) electrons. The minimum atomic E-state index is 0.0773. The quantitative estimate of drug-likeness (QED) is 0.904. The first-order valence-corrected chi connectivity index (χ1v) is 6.99. The monoisotopic (exact) mass is 294 g/mol. The lowest BCUT2D eigenvalue weighted by atomic mass is 9.97. The van der Waals surface area contributed by atoms with Crippen LogP contribution in [0.4, 0.5) is 0 Å². The fraction of sp³-hybridized carbons (Fsp3) is 0.267. The molecule has 0 aliphatic carbocycles. The van der Waals surface area contributed by atoms with E-state index in [1.54, 1.807) is 6.20 Å². The Hall–Kier alpha value is -1.09. The van der Waals surface area contributed by atoms with Crippen molar-refractivity contribution in [1.29, 1.82) is 0 Å². The third-order valence-corrected chi connectivity index (χ3v) is 3.78. The molecule has 1 N–H and O–H groups in total. The van der Waals surface area contributed by atoms with E-state index < -0.39 is 0 Å². The van der Waals surface area contributed by atoms with Gasteiger partial charge in [0, 0.05) is 11.9 Å². The molecule has 1 atom stereocenters. The Morgan fingerprint density at radius 1 is 1.21 bits per heavy atom. The minimum absolute atomic E-state index is 0.0773. The number of aromatic nitrogens is 1. The van der Waals surface area contributed by atoms with Gasteiger partial charge in [-0.05, 0) is 42.8 Å². The number of rotatable bonds is 4. The summed E-state index contributed by atoms with van der Waals surface area (Å²) in [5, 5.41) is 4.61. The topological polar surface area (TPSA) is 24.9 Å². The van der Waals surface area contributed by atoms with E-state index in [0.717, 1.165) is 23.4 Å². The van der Waals surface area contributed by atoms with Gasteiger partial charge in [-0.3, -0.25) is 4.98 Å². The first kappa shape index (κ1) is 14.3. The molecule has 19 heavy (non-hydrogen) atoms. The number of benzene rings is 1. The second-order valence-electron chi connectivity index (χ2n) is 4.34. The fourth-order valence-electron chi connectivity index (χ4n) is 2.11. The molecular weight excluding hydrogens is 279 g/mol. The Balaban J connectivity index is 2.45. The summed E-state index contributed by atoms with van der Waals surface area (Å²) in [5.74, 6) is 0. The summed E-state index contributed by atoms with van der Waals surface area (Å²) in [6.07, 6.45) is 1.80. The maximum Gasteiger partial charge on any atom is 0.0595 e. The molecule has 0 saturated heterocycles. The highest BCUT2D eigenvalue weighted by Crippen LogP contribution is 2.29. The Labute approximate surface area is 123 Å². The van der Waals surface area contributed by atoms with Gasteiger partial charge >= 0.3 is 0 Å². The summed E-state index contributed by atoms with van der Waals surface area (Å²) in [4.78, 5) is 4.35. The Morgan fingerprint density at radius 2 is 2.00 bits per heavy atom. The van der Waals surface area contributed by atoms with Crippen LogP contribution in [0.2, 0.25) is 10.0 Å². The lowest BCUT2D eigenvalue weighted by Crippen LogP contribution is -2.23. The summed E-state index contributed by atoms with van der Waals surface area (Å²) >= 11 is 12.1. The average Bonchev–Trinajstić information content (AvgIpc) is 2.40. The molecule has 0 aliphatic rings. The van der Waals surface area contributed by atoms with Crippen LogP contribution in [-0.2, 0) is 0 Å². The second kappa shape index (κ2) is 6.38. The summed E-state index contributed by atoms with van der Waals surface area (Å²) in [5.41, 5.74) is 3.26. The third kappa shape index (κ3) is 3.27. The highest BCUT2D eigenvalue weighted by molar-refractivity contribution is 6.42. The molecule has 1 unspecified atom stereocenters. The molecule has 1 aromatic heterocycles. The maximum atomic E-state index is 6.11. The van der Waals surface area contributed by atoms with Crippen LogP contribution in [0.25, 0.3) is 0 Å². The highest BCUT2D eigenvalue weighted by Gasteiger charge is 2.16. The average molecular weight is 295 g/mol. The van der Waals surface area contributed by atoms with Crippen molar-refractivity contribution in [3.05, 3.63) is 63.4 Å². The van der Waals surface area contributed by atoms with Crippen LogP contribution in [0, 0.1) is 6.92 Å². The lowest BCUT2D eigenvalue weighted by Gasteiger charge is -2.20. The molecular formula is C15H16Cl2N2. The molecule has 2 nitrogen and oxygen atoms in total. The van der Waals surface area contributed by atoms with Gasteiger partial charge in [-0.25, -0.2) is 0 Å². The number of aryl methyl sites for hydroxylation is 1. The van der Waals surface area contributed by atoms with Crippen molar-refractivity contribution in [2.45, 2.75) is 19.9 Å². The second-order valence-corrected chi connectivity index (χ2v) is 5.16. The summed E-state index contributed by atoms with van der Waals surface area (Å²) in [6, 6.07) is 9.84. The molecule has 0 fully saturated rings. The fourth-order valence-corrected chi connectivity index (χ4v) is 2.41. The van der Waals surface area contributed by atoms with E-state index in [2.05, 4.69) is 23.3 Å². The molecule has 0 saturated carbocycles. The zero-order valence-electron chi connectivity index (χ0n) is 11.0. The van der Waals surface area contributed by atoms with Crippen molar-refractivity contribution in [3.8, 4) is 0 Å². The summed E-state index contributed by atoms with van der Waals surface area (Å²) < 4.78 is 0. The van der Waals surface area contributed by atoms with E-state index in [1.165, 1.54) is 0 Å². The molecule has 2 aromatic rings. The third-order valence-electron chi connectivity index (χ3n) is 3.04. The summed E-state index contributed by atoms with van der Waals surface area (Å²) in [7, 11) is 0. The van der Waals surface area contributed by atoms with E-state index in [1.807, 2.05) is 31.2 Å². The van der Waals surface area contributed by atoms with Crippen LogP contribution in [-0.4, -0.2) is 11.5 Å². The van der Waals surface area contributed by atoms with Crippen molar-refractivity contribution in [2.75, 3.05) is 6.54 Å². The zero-order chi connectivity index (χ0) is 13.8. The molecule has 0 bridgehead atoms. The van der Waals surface area contributed by atoms with Crippen molar-refractivity contribution >= 4 is 23.2 Å². The molecule has 1 aromatic carbocycles. The smallest absolute Gasteiger partial charge is 0.0595 e. The first-order chi connectivity index (χ1) is 9.13. The molecule has 0 spiro atoms. The first-order valence-electron chi connectivity index (χ1n) is 6.23. The SMILES string of the molecule is CCNC(c1ccc(Cl)c(Cl)c1)c1cccnc1C. The number of nitrogens with zero attached hydrogens (tertiary/aromatic N) is 1. The van der Waals surface area contributed by atoms with Gasteiger partial charge in [0.25, 0.3) is 0 Å². The molecule has 4 heteroatoms. The zero-order valence-corrected chi connectivity index (χ0v) is 12.5. The number of halogens is 2. The predicted octanol–water partition coefficient (Wildman–Crippen LogP) is 4.40. The molecule has 0 aliphatic heterocycles. The van der Waals surface area contributed by atoms with E-state index in [9.17, 15) is 0 Å². The molecule has 100 valence electrons. The summed E-state index contributed by atoms with van der Waals surface area (Å²) in [6.45, 7) is 4.95. The van der Waals surface area contributed by atoms with Crippen LogP contribution < -0.4 is 5.32 Å². The van der Waals surface area contributed by atoms with Crippen molar-refractivity contribution < 1.29 is 0 Å². The van der Waals surface area contributed by atoms with Crippen molar-refractivity contribution in [1.82, 2.24) is 10.3 Å². The van der Waals surface area contributed by atoms with E-state index in [-0.39, 0.29) is 6.04 Å². The van der Waals surface area contributed by atoms with E-state index >= 15 is 0 Å². The van der Waals surface area contributed by atoms with Gasteiger partial charge in [-0.2, -0.15) is 0 Å². The van der Waals surface area contributed by atoms with Gasteiger partial charge < -0.3 is 5.32 Å². The highest BCUT2D eigenvalue weighted by atomic mass is 35.5. The van der Waals surface area contributed by atoms with Crippen LogP contribution in [0.15, 0.2) is 36.5 Å². The van der Waals surface area contributed by atoms with Gasteiger partial charge in [0.1, 0.15) is 0 Å². The van der Waals surface area contributed by atoms with Gasteiger partial charge in [-0.15, -0.1) is 0 Å². The van der Waals surface area contributed by atoms with Gasteiger partial charge in [0.2, 0.25) is 0 Å². The maximum absolute atomic E-state index is 6.11. The Bertz CT molecular complexity index is 570.